The maximum Gasteiger partial charge on any atom is 0.361 e. The predicted molar refractivity (Wildman–Crippen MR) is 72.2 cm³/mol. The maximum absolute atomic E-state index is 12.6. The minimum atomic E-state index is -4.73. The number of hydrogen-bond acceptors (Lipinski definition) is 7. The molecule has 9 nitrogen and oxygen atoms in total. The first kappa shape index (κ1) is 18.2. The van der Waals surface area contributed by atoms with Gasteiger partial charge in [0.05, 0.1) is 26.4 Å². The van der Waals surface area contributed by atoms with Crippen LogP contribution in [-0.2, 0) is 22.9 Å². The van der Waals surface area contributed by atoms with E-state index in [1.54, 1.807) is 18.9 Å². The minimum absolute atomic E-state index is 0.0264. The molecule has 120 valence electrons. The Hall–Kier alpha value is 0.180. The summed E-state index contributed by atoms with van der Waals surface area (Å²) in [5, 5.41) is 1.55. The van der Waals surface area contributed by atoms with Crippen LogP contribution in [0.5, 0.6) is 0 Å². The first-order chi connectivity index (χ1) is 9.33. The number of hydrazine groups is 1. The van der Waals surface area contributed by atoms with Gasteiger partial charge in [0.1, 0.15) is 0 Å². The van der Waals surface area contributed by atoms with Gasteiger partial charge < -0.3 is 23.6 Å². The lowest BCUT2D eigenvalue weighted by Gasteiger charge is -2.34. The van der Waals surface area contributed by atoms with Crippen LogP contribution in [0.3, 0.4) is 0 Å². The van der Waals surface area contributed by atoms with Gasteiger partial charge in [-0.15, -0.1) is 0 Å². The Labute approximate surface area is 118 Å². The quantitative estimate of drug-likeness (QED) is 0.548. The fourth-order valence-corrected chi connectivity index (χ4v) is 5.29. The maximum atomic E-state index is 12.6. The van der Waals surface area contributed by atoms with E-state index in [9.17, 15) is 18.9 Å². The van der Waals surface area contributed by atoms with Gasteiger partial charge >= 0.3 is 15.2 Å². The molecule has 1 heterocycles. The predicted octanol–water partition coefficient (Wildman–Crippen LogP) is 0.551. The van der Waals surface area contributed by atoms with E-state index in [-0.39, 0.29) is 13.2 Å². The van der Waals surface area contributed by atoms with Crippen molar-refractivity contribution in [3.63, 3.8) is 0 Å². The molecule has 0 bridgehead atoms. The second-order valence-electron chi connectivity index (χ2n) is 4.07. The largest absolute Gasteiger partial charge is 0.379 e. The first-order valence-corrected chi connectivity index (χ1v) is 9.65. The highest BCUT2D eigenvalue weighted by atomic mass is 31.2. The average Bonchev–Trinajstić information content (AvgIpc) is 2.36. The number of nitrogens with zero attached hydrogens (tertiary/aromatic N) is 1. The molecule has 0 amide bonds. The molecule has 1 atom stereocenters. The highest BCUT2D eigenvalue weighted by molar-refractivity contribution is 7.71. The molecule has 3 N–H and O–H groups in total. The van der Waals surface area contributed by atoms with Crippen molar-refractivity contribution in [2.45, 2.75) is 19.4 Å². The molecule has 0 aromatic heterocycles. The Balaban J connectivity index is 2.91. The van der Waals surface area contributed by atoms with Crippen molar-refractivity contribution in [1.29, 1.82) is 0 Å². The van der Waals surface area contributed by atoms with Crippen molar-refractivity contribution < 1.29 is 32.7 Å². The summed E-state index contributed by atoms with van der Waals surface area (Å²) in [7, 11) is -8.70. The van der Waals surface area contributed by atoms with Crippen LogP contribution in [0, 0.1) is 0 Å². The van der Waals surface area contributed by atoms with E-state index in [4.69, 9.17) is 13.8 Å². The van der Waals surface area contributed by atoms with Gasteiger partial charge in [-0.2, -0.15) is 0 Å². The van der Waals surface area contributed by atoms with E-state index < -0.39 is 20.7 Å². The Morgan fingerprint density at radius 3 is 2.10 bits per heavy atom. The fraction of sp³-hybridized carbons (Fsp3) is 1.00. The molecule has 1 rings (SSSR count). The molecule has 1 fully saturated rings. The van der Waals surface area contributed by atoms with Gasteiger partial charge in [-0.3, -0.25) is 9.13 Å². The third-order valence-corrected chi connectivity index (χ3v) is 7.00. The molecule has 0 aromatic rings. The zero-order valence-corrected chi connectivity index (χ0v) is 13.4. The number of morpholine rings is 1. The van der Waals surface area contributed by atoms with Crippen LogP contribution in [0.15, 0.2) is 0 Å². The summed E-state index contributed by atoms with van der Waals surface area (Å²) < 4.78 is 39.4. The van der Waals surface area contributed by atoms with Crippen LogP contribution in [0.4, 0.5) is 0 Å². The SMILES string of the molecule is CCOP(=O)(OCC)C(NN1CCOCC1)P(=O)(O)O. The summed E-state index contributed by atoms with van der Waals surface area (Å²) in [6.07, 6.45) is 0. The monoisotopic (exact) mass is 332 g/mol. The molecular weight excluding hydrogens is 310 g/mol. The highest BCUT2D eigenvalue weighted by Crippen LogP contribution is 2.64. The van der Waals surface area contributed by atoms with E-state index in [1.165, 1.54) is 0 Å². The van der Waals surface area contributed by atoms with Crippen molar-refractivity contribution in [2.75, 3.05) is 39.5 Å². The average molecular weight is 332 g/mol. The highest BCUT2D eigenvalue weighted by Gasteiger charge is 2.48. The minimum Gasteiger partial charge on any atom is -0.379 e. The second kappa shape index (κ2) is 7.98. The van der Waals surface area contributed by atoms with Crippen LogP contribution in [0.2, 0.25) is 0 Å². The zero-order chi connectivity index (χ0) is 15.2. The van der Waals surface area contributed by atoms with Crippen molar-refractivity contribution in [3.8, 4) is 0 Å². The van der Waals surface area contributed by atoms with Gasteiger partial charge in [-0.25, -0.2) is 10.4 Å². The Morgan fingerprint density at radius 2 is 1.70 bits per heavy atom. The molecule has 1 aliphatic rings. The number of rotatable bonds is 8. The summed E-state index contributed by atoms with van der Waals surface area (Å²) in [4.78, 5) is 18.9. The Morgan fingerprint density at radius 1 is 1.20 bits per heavy atom. The molecule has 0 radical (unpaired) electrons. The van der Waals surface area contributed by atoms with Crippen LogP contribution >= 0.6 is 15.2 Å². The van der Waals surface area contributed by atoms with Crippen molar-refractivity contribution in [1.82, 2.24) is 10.4 Å². The van der Waals surface area contributed by atoms with Crippen molar-refractivity contribution >= 4 is 15.2 Å². The number of nitrogens with one attached hydrogen (secondary N) is 1. The molecule has 11 heteroatoms. The third kappa shape index (κ3) is 5.18. The van der Waals surface area contributed by atoms with E-state index in [0.717, 1.165) is 0 Å². The van der Waals surface area contributed by atoms with Gasteiger partial charge in [-0.05, 0) is 13.8 Å². The molecule has 20 heavy (non-hydrogen) atoms. The van der Waals surface area contributed by atoms with Crippen molar-refractivity contribution in [2.24, 2.45) is 0 Å². The van der Waals surface area contributed by atoms with E-state index in [1.807, 2.05) is 0 Å². The lowest BCUT2D eigenvalue weighted by Crippen LogP contribution is -2.50. The van der Waals surface area contributed by atoms with Crippen LogP contribution in [-0.4, -0.2) is 59.8 Å². The van der Waals surface area contributed by atoms with E-state index >= 15 is 0 Å². The zero-order valence-electron chi connectivity index (χ0n) is 11.6. The second-order valence-corrected chi connectivity index (χ2v) is 8.28. The topological polar surface area (TPSA) is 118 Å². The number of ether oxygens (including phenoxy) is 1. The normalized spacial score (nSPS) is 20.0. The summed E-state index contributed by atoms with van der Waals surface area (Å²) in [6.45, 7) is 4.91. The van der Waals surface area contributed by atoms with Crippen LogP contribution in [0.1, 0.15) is 13.8 Å². The van der Waals surface area contributed by atoms with Gasteiger partial charge in [0, 0.05) is 13.1 Å². The lowest BCUT2D eigenvalue weighted by atomic mass is 10.5. The fourth-order valence-electron chi connectivity index (χ4n) is 1.72. The molecule has 0 saturated carbocycles. The molecule has 1 saturated heterocycles. The third-order valence-electron chi connectivity index (χ3n) is 2.55. The standard InChI is InChI=1S/C9H22N2O7P2/c1-3-17-20(15,18-4-2)9(19(12,13)14)10-11-5-7-16-8-6-11/h9-10H,3-8H2,1-2H3,(H2,12,13,14). The van der Waals surface area contributed by atoms with Gasteiger partial charge in [0.2, 0.25) is 5.52 Å². The molecule has 0 aliphatic carbocycles. The van der Waals surface area contributed by atoms with Gasteiger partial charge in [-0.1, -0.05) is 0 Å². The summed E-state index contributed by atoms with van der Waals surface area (Å²) in [6, 6.07) is 0. The number of hydrogen-bond donors (Lipinski definition) is 3. The molecule has 1 unspecified atom stereocenters. The smallest absolute Gasteiger partial charge is 0.361 e. The lowest BCUT2D eigenvalue weighted by molar-refractivity contribution is 0.0101. The molecule has 0 aromatic carbocycles. The molecular formula is C9H22N2O7P2. The summed E-state index contributed by atoms with van der Waals surface area (Å²) in [5.74, 6) is 0. The van der Waals surface area contributed by atoms with Crippen molar-refractivity contribution in [3.05, 3.63) is 0 Å². The van der Waals surface area contributed by atoms with Gasteiger partial charge in [0.15, 0.2) is 0 Å². The Kier molecular flexibility index (Phi) is 7.28. The van der Waals surface area contributed by atoms with Gasteiger partial charge in [0.25, 0.3) is 0 Å². The van der Waals surface area contributed by atoms with E-state index in [2.05, 4.69) is 5.43 Å². The summed E-state index contributed by atoms with van der Waals surface area (Å²) >= 11 is 0. The molecule has 1 aliphatic heterocycles. The van der Waals surface area contributed by atoms with E-state index in [0.29, 0.717) is 26.3 Å². The van der Waals surface area contributed by atoms with Crippen LogP contribution < -0.4 is 5.43 Å². The van der Waals surface area contributed by atoms with Crippen LogP contribution in [0.25, 0.3) is 0 Å². The first-order valence-electron chi connectivity index (χ1n) is 6.36. The Bertz CT molecular complexity index is 372. The summed E-state index contributed by atoms with van der Waals surface area (Å²) in [5.41, 5.74) is 0.868. The molecule has 0 spiro atoms.